The zero-order chi connectivity index (χ0) is 6.69. The van der Waals surface area contributed by atoms with E-state index in [1.807, 2.05) is 0 Å². The summed E-state index contributed by atoms with van der Waals surface area (Å²) < 4.78 is 16.6. The van der Waals surface area contributed by atoms with Crippen LogP contribution in [0.4, 0.5) is 0 Å². The van der Waals surface area contributed by atoms with Crippen molar-refractivity contribution in [1.82, 2.24) is 0 Å². The number of hydrogen-bond acceptors (Lipinski definition) is 2. The molecule has 0 atom stereocenters. The molecule has 0 aliphatic heterocycles. The van der Waals surface area contributed by atoms with Crippen LogP contribution in [0, 0.1) is 0 Å². The summed E-state index contributed by atoms with van der Waals surface area (Å²) in [4.78, 5) is 0. The summed E-state index contributed by atoms with van der Waals surface area (Å²) in [7, 11) is 0. The van der Waals surface area contributed by atoms with Crippen LogP contribution in [0.1, 0.15) is 0 Å². The Morgan fingerprint density at radius 2 is 1.11 bits per heavy atom. The molecule has 0 heterocycles. The fourth-order valence-electron chi connectivity index (χ4n) is 0.663. The van der Waals surface area contributed by atoms with Gasteiger partial charge in [-0.3, -0.25) is 0 Å². The van der Waals surface area contributed by atoms with E-state index in [0.29, 0.717) is 0 Å². The Balaban J connectivity index is 0.000000120. The van der Waals surface area contributed by atoms with Gasteiger partial charge in [0, 0.05) is 0 Å². The van der Waals surface area contributed by atoms with Gasteiger partial charge >= 0.3 is 11.6 Å². The normalized spacial score (nSPS) is 8.89. The van der Waals surface area contributed by atoms with E-state index < -0.39 is 11.6 Å². The van der Waals surface area contributed by atoms with Crippen LogP contribution in [-0.4, -0.2) is 8.42 Å². The molecule has 0 aromatic rings. The van der Waals surface area contributed by atoms with Crippen molar-refractivity contribution in [1.29, 1.82) is 0 Å². The SMILES string of the molecule is O=S=O.c1cc2ccc1-2. The molecular formula is C6H4O2S. The highest BCUT2D eigenvalue weighted by atomic mass is 32.1. The molecule has 0 unspecified atom stereocenters. The predicted octanol–water partition coefficient (Wildman–Crippen LogP) is 0.997. The van der Waals surface area contributed by atoms with Gasteiger partial charge in [0.05, 0.1) is 0 Å². The first-order valence-electron chi connectivity index (χ1n) is 2.40. The Hall–Kier alpha value is -0.960. The minimum Gasteiger partial charge on any atom is -0.168 e. The largest absolute Gasteiger partial charge is 0.335 e. The molecule has 0 fully saturated rings. The Morgan fingerprint density at radius 1 is 0.889 bits per heavy atom. The standard InChI is InChI=1S/C6H4.O2S/c1-2-6-4-3-5(1)6;1-3-2/h1-4H;. The fraction of sp³-hybridized carbons (Fsp3) is 0. The van der Waals surface area contributed by atoms with E-state index >= 15 is 0 Å². The van der Waals surface area contributed by atoms with Crippen LogP contribution >= 0.6 is 0 Å². The van der Waals surface area contributed by atoms with Gasteiger partial charge in [0.15, 0.2) is 0 Å². The van der Waals surface area contributed by atoms with Gasteiger partial charge in [-0.05, 0) is 11.1 Å². The fourth-order valence-corrected chi connectivity index (χ4v) is 0.663. The molecule has 0 saturated heterocycles. The number of benzene rings is 1. The monoisotopic (exact) mass is 140 g/mol. The molecular weight excluding hydrogens is 136 g/mol. The summed E-state index contributed by atoms with van der Waals surface area (Å²) in [6.45, 7) is 0. The minimum atomic E-state index is -0.750. The lowest BCUT2D eigenvalue weighted by atomic mass is 9.95. The summed E-state index contributed by atoms with van der Waals surface area (Å²) in [5, 5.41) is 0. The van der Waals surface area contributed by atoms with Crippen LogP contribution in [0.15, 0.2) is 24.3 Å². The highest BCUT2D eigenvalue weighted by Gasteiger charge is 2.03. The second-order valence-corrected chi connectivity index (χ2v) is 1.78. The van der Waals surface area contributed by atoms with Crippen molar-refractivity contribution in [2.24, 2.45) is 0 Å². The Labute approximate surface area is 56.1 Å². The molecule has 0 radical (unpaired) electrons. The van der Waals surface area contributed by atoms with Gasteiger partial charge in [-0.1, -0.05) is 24.3 Å². The highest BCUT2D eigenvalue weighted by Crippen LogP contribution is 2.29. The first kappa shape index (κ1) is 6.16. The Kier molecular flexibility index (Phi) is 1.75. The lowest BCUT2D eigenvalue weighted by Crippen LogP contribution is -1.85. The maximum absolute atomic E-state index is 8.29. The number of rotatable bonds is 0. The summed E-state index contributed by atoms with van der Waals surface area (Å²) >= 11 is -0.750. The van der Waals surface area contributed by atoms with Crippen molar-refractivity contribution in [2.75, 3.05) is 0 Å². The molecule has 0 spiro atoms. The first-order chi connectivity index (χ1) is 4.38. The van der Waals surface area contributed by atoms with Crippen LogP contribution < -0.4 is 0 Å². The molecule has 0 saturated carbocycles. The molecule has 0 bridgehead atoms. The molecule has 2 rings (SSSR count). The topological polar surface area (TPSA) is 34.1 Å². The average Bonchev–Trinajstić information content (AvgIpc) is 1.81. The average molecular weight is 140 g/mol. The molecule has 0 aromatic carbocycles. The zero-order valence-corrected chi connectivity index (χ0v) is 5.35. The summed E-state index contributed by atoms with van der Waals surface area (Å²) in [6.07, 6.45) is 0. The quantitative estimate of drug-likeness (QED) is 0.547. The van der Waals surface area contributed by atoms with Gasteiger partial charge in [-0.15, -0.1) is 0 Å². The third-order valence-corrected chi connectivity index (χ3v) is 1.22. The smallest absolute Gasteiger partial charge is 0.168 e. The van der Waals surface area contributed by atoms with Crippen LogP contribution in [0.25, 0.3) is 11.1 Å². The van der Waals surface area contributed by atoms with Gasteiger partial charge in [-0.25, -0.2) is 0 Å². The van der Waals surface area contributed by atoms with E-state index in [4.69, 9.17) is 8.42 Å². The van der Waals surface area contributed by atoms with Gasteiger partial charge in [0.25, 0.3) is 0 Å². The van der Waals surface area contributed by atoms with Crippen molar-refractivity contribution >= 4 is 11.6 Å². The molecule has 2 aliphatic carbocycles. The number of fused-ring (bicyclic) bond motifs is 1. The summed E-state index contributed by atoms with van der Waals surface area (Å²) in [6, 6.07) is 8.48. The highest BCUT2D eigenvalue weighted by molar-refractivity contribution is 7.51. The van der Waals surface area contributed by atoms with Crippen LogP contribution in [0.5, 0.6) is 0 Å². The van der Waals surface area contributed by atoms with Crippen molar-refractivity contribution < 1.29 is 8.42 Å². The Bertz CT molecular complexity index is 213. The van der Waals surface area contributed by atoms with Crippen molar-refractivity contribution in [2.45, 2.75) is 0 Å². The van der Waals surface area contributed by atoms with Gasteiger partial charge in [-0.2, -0.15) is 8.42 Å². The maximum Gasteiger partial charge on any atom is 0.335 e. The van der Waals surface area contributed by atoms with Crippen molar-refractivity contribution in [3.05, 3.63) is 24.3 Å². The van der Waals surface area contributed by atoms with E-state index in [-0.39, 0.29) is 0 Å². The molecule has 2 aliphatic rings. The zero-order valence-electron chi connectivity index (χ0n) is 4.53. The molecule has 0 amide bonds. The second kappa shape index (κ2) is 2.55. The molecule has 0 N–H and O–H groups in total. The van der Waals surface area contributed by atoms with E-state index in [1.54, 1.807) is 0 Å². The lowest BCUT2D eigenvalue weighted by Gasteiger charge is -2.10. The molecule has 46 valence electrons. The molecule has 0 aromatic heterocycles. The molecule has 2 nitrogen and oxygen atoms in total. The Morgan fingerprint density at radius 3 is 1.11 bits per heavy atom. The summed E-state index contributed by atoms with van der Waals surface area (Å²) in [5.74, 6) is 0. The van der Waals surface area contributed by atoms with E-state index in [2.05, 4.69) is 24.3 Å². The molecule has 9 heavy (non-hydrogen) atoms. The van der Waals surface area contributed by atoms with Crippen LogP contribution in [0.3, 0.4) is 0 Å². The van der Waals surface area contributed by atoms with Crippen LogP contribution in [-0.2, 0) is 11.6 Å². The third-order valence-electron chi connectivity index (χ3n) is 1.22. The van der Waals surface area contributed by atoms with Gasteiger partial charge in [0.2, 0.25) is 0 Å². The first-order valence-corrected chi connectivity index (χ1v) is 3.07. The third kappa shape index (κ3) is 1.05. The van der Waals surface area contributed by atoms with Crippen LogP contribution in [0.2, 0.25) is 0 Å². The lowest BCUT2D eigenvalue weighted by molar-refractivity contribution is 0.630. The minimum absolute atomic E-state index is 0.750. The molecule has 3 heteroatoms. The van der Waals surface area contributed by atoms with Gasteiger partial charge < -0.3 is 0 Å². The van der Waals surface area contributed by atoms with Gasteiger partial charge in [0.1, 0.15) is 0 Å². The van der Waals surface area contributed by atoms with Crippen molar-refractivity contribution in [3.63, 3.8) is 0 Å². The maximum atomic E-state index is 8.29. The van der Waals surface area contributed by atoms with E-state index in [1.165, 1.54) is 11.1 Å². The number of hydrogen-bond donors (Lipinski definition) is 0. The van der Waals surface area contributed by atoms with E-state index in [0.717, 1.165) is 0 Å². The predicted molar refractivity (Wildman–Crippen MR) is 34.4 cm³/mol. The second-order valence-electron chi connectivity index (χ2n) is 1.65. The van der Waals surface area contributed by atoms with E-state index in [9.17, 15) is 0 Å². The van der Waals surface area contributed by atoms with Crippen molar-refractivity contribution in [3.8, 4) is 11.1 Å². The summed E-state index contributed by atoms with van der Waals surface area (Å²) in [5.41, 5.74) is 2.85.